The summed E-state index contributed by atoms with van der Waals surface area (Å²) in [5, 5.41) is 8.60. The van der Waals surface area contributed by atoms with Gasteiger partial charge in [-0.15, -0.1) is 0 Å². The molecule has 0 fully saturated rings. The van der Waals surface area contributed by atoms with Gasteiger partial charge < -0.3 is 5.73 Å². The fourth-order valence-corrected chi connectivity index (χ4v) is 0.779. The predicted molar refractivity (Wildman–Crippen MR) is 42.3 cm³/mol. The molecule has 0 aliphatic rings. The summed E-state index contributed by atoms with van der Waals surface area (Å²) in [5.41, 5.74) is 5.84. The topological polar surface area (TPSA) is 66.9 Å². The van der Waals surface area contributed by atoms with E-state index in [2.05, 4.69) is 0 Å². The van der Waals surface area contributed by atoms with Crippen molar-refractivity contribution in [2.45, 2.75) is 20.8 Å². The summed E-state index contributed by atoms with van der Waals surface area (Å²) in [4.78, 5) is 10.6. The SMILES string of the molecule is CC(C(N)=O)=C(C#N)C(C)C. The van der Waals surface area contributed by atoms with Crippen molar-refractivity contribution in [1.82, 2.24) is 0 Å². The molecule has 1 amide bonds. The average Bonchev–Trinajstić information content (AvgIpc) is 1.88. The Hall–Kier alpha value is -1.30. The first-order chi connectivity index (χ1) is 5.00. The number of primary amides is 1. The summed E-state index contributed by atoms with van der Waals surface area (Å²) in [6.07, 6.45) is 0. The van der Waals surface area contributed by atoms with Crippen LogP contribution in [0.3, 0.4) is 0 Å². The third kappa shape index (κ3) is 2.42. The molecule has 0 atom stereocenters. The summed E-state index contributed by atoms with van der Waals surface area (Å²) >= 11 is 0. The number of carbonyl (C=O) groups is 1. The fourth-order valence-electron chi connectivity index (χ4n) is 0.779. The van der Waals surface area contributed by atoms with Gasteiger partial charge >= 0.3 is 0 Å². The molecule has 2 N–H and O–H groups in total. The van der Waals surface area contributed by atoms with E-state index in [9.17, 15) is 4.79 Å². The molecule has 0 aromatic heterocycles. The number of amides is 1. The van der Waals surface area contributed by atoms with Gasteiger partial charge in [0.2, 0.25) is 5.91 Å². The Balaban J connectivity index is 4.88. The maximum atomic E-state index is 10.6. The lowest BCUT2D eigenvalue weighted by molar-refractivity contribution is -0.114. The standard InChI is InChI=1S/C8H12N2O/c1-5(2)7(4-9)6(3)8(10)11/h5H,1-3H3,(H2,10,11). The van der Waals surface area contributed by atoms with Crippen LogP contribution in [0, 0.1) is 17.2 Å². The first-order valence-electron chi connectivity index (χ1n) is 3.41. The van der Waals surface area contributed by atoms with Gasteiger partial charge in [0.15, 0.2) is 0 Å². The van der Waals surface area contributed by atoms with Crippen LogP contribution in [-0.4, -0.2) is 5.91 Å². The quantitative estimate of drug-likeness (QED) is 0.473. The second kappa shape index (κ2) is 3.77. The highest BCUT2D eigenvalue weighted by atomic mass is 16.1. The van der Waals surface area contributed by atoms with Crippen LogP contribution in [0.1, 0.15) is 20.8 Å². The van der Waals surface area contributed by atoms with Crippen LogP contribution < -0.4 is 5.73 Å². The molecule has 0 radical (unpaired) electrons. The van der Waals surface area contributed by atoms with E-state index in [4.69, 9.17) is 11.0 Å². The smallest absolute Gasteiger partial charge is 0.245 e. The van der Waals surface area contributed by atoms with Gasteiger partial charge in [-0.3, -0.25) is 4.79 Å². The van der Waals surface area contributed by atoms with Crippen molar-refractivity contribution in [3.63, 3.8) is 0 Å². The van der Waals surface area contributed by atoms with Crippen molar-refractivity contribution in [2.24, 2.45) is 11.7 Å². The summed E-state index contributed by atoms with van der Waals surface area (Å²) in [7, 11) is 0. The highest BCUT2D eigenvalue weighted by molar-refractivity contribution is 5.92. The second-order valence-corrected chi connectivity index (χ2v) is 2.67. The molecule has 0 saturated carbocycles. The summed E-state index contributed by atoms with van der Waals surface area (Å²) in [6, 6.07) is 1.96. The minimum atomic E-state index is -0.518. The maximum Gasteiger partial charge on any atom is 0.245 e. The van der Waals surface area contributed by atoms with Gasteiger partial charge in [-0.25, -0.2) is 0 Å². The van der Waals surface area contributed by atoms with E-state index in [0.717, 1.165) is 0 Å². The molecule has 0 unspecified atom stereocenters. The Morgan fingerprint density at radius 3 is 2.09 bits per heavy atom. The van der Waals surface area contributed by atoms with E-state index in [0.29, 0.717) is 11.1 Å². The fraction of sp³-hybridized carbons (Fsp3) is 0.500. The number of hydrogen-bond donors (Lipinski definition) is 1. The lowest BCUT2D eigenvalue weighted by Crippen LogP contribution is -2.14. The molecule has 0 bridgehead atoms. The molecular formula is C8H12N2O. The highest BCUT2D eigenvalue weighted by Gasteiger charge is 2.09. The lowest BCUT2D eigenvalue weighted by atomic mass is 9.99. The van der Waals surface area contributed by atoms with Crippen molar-refractivity contribution in [3.05, 3.63) is 11.1 Å². The molecule has 11 heavy (non-hydrogen) atoms. The molecule has 3 nitrogen and oxygen atoms in total. The first-order valence-corrected chi connectivity index (χ1v) is 3.41. The molecule has 0 heterocycles. The van der Waals surface area contributed by atoms with E-state index in [-0.39, 0.29) is 5.92 Å². The van der Waals surface area contributed by atoms with Gasteiger partial charge in [0.25, 0.3) is 0 Å². The van der Waals surface area contributed by atoms with E-state index in [1.54, 1.807) is 6.92 Å². The number of hydrogen-bond acceptors (Lipinski definition) is 2. The summed E-state index contributed by atoms with van der Waals surface area (Å²) in [6.45, 7) is 5.27. The molecule has 0 saturated heterocycles. The summed E-state index contributed by atoms with van der Waals surface area (Å²) in [5.74, 6) is -0.456. The Kier molecular flexibility index (Phi) is 3.32. The zero-order chi connectivity index (χ0) is 9.02. The number of carbonyl (C=O) groups excluding carboxylic acids is 1. The molecule has 3 heteroatoms. The monoisotopic (exact) mass is 152 g/mol. The van der Waals surface area contributed by atoms with E-state index in [1.807, 2.05) is 19.9 Å². The Bertz CT molecular complexity index is 233. The number of allylic oxidation sites excluding steroid dienone is 1. The first kappa shape index (κ1) is 9.70. The van der Waals surface area contributed by atoms with Gasteiger partial charge in [0.05, 0.1) is 6.07 Å². The second-order valence-electron chi connectivity index (χ2n) is 2.67. The number of nitrogens with two attached hydrogens (primary N) is 1. The van der Waals surface area contributed by atoms with E-state index in [1.165, 1.54) is 0 Å². The van der Waals surface area contributed by atoms with Crippen molar-refractivity contribution in [1.29, 1.82) is 5.26 Å². The molecule has 0 spiro atoms. The Morgan fingerprint density at radius 2 is 2.00 bits per heavy atom. The average molecular weight is 152 g/mol. The third-order valence-electron chi connectivity index (χ3n) is 1.47. The van der Waals surface area contributed by atoms with Crippen molar-refractivity contribution < 1.29 is 4.79 Å². The van der Waals surface area contributed by atoms with Crippen LogP contribution in [0.25, 0.3) is 0 Å². The van der Waals surface area contributed by atoms with Crippen LogP contribution in [0.15, 0.2) is 11.1 Å². The molecular weight excluding hydrogens is 140 g/mol. The maximum absolute atomic E-state index is 10.6. The largest absolute Gasteiger partial charge is 0.366 e. The van der Waals surface area contributed by atoms with E-state index >= 15 is 0 Å². The van der Waals surface area contributed by atoms with Crippen molar-refractivity contribution in [2.75, 3.05) is 0 Å². The normalized spacial score (nSPS) is 12.3. The van der Waals surface area contributed by atoms with Gasteiger partial charge in [-0.05, 0) is 12.8 Å². The number of nitriles is 1. The van der Waals surface area contributed by atoms with Crippen LogP contribution in [0.4, 0.5) is 0 Å². The molecule has 0 aromatic carbocycles. The summed E-state index contributed by atoms with van der Waals surface area (Å²) < 4.78 is 0. The molecule has 0 aliphatic heterocycles. The van der Waals surface area contributed by atoms with Gasteiger partial charge in [0, 0.05) is 11.1 Å². The Morgan fingerprint density at radius 1 is 1.55 bits per heavy atom. The zero-order valence-corrected chi connectivity index (χ0v) is 7.01. The molecule has 0 aromatic rings. The van der Waals surface area contributed by atoms with Gasteiger partial charge in [-0.2, -0.15) is 5.26 Å². The van der Waals surface area contributed by atoms with Crippen molar-refractivity contribution in [3.8, 4) is 6.07 Å². The zero-order valence-electron chi connectivity index (χ0n) is 7.01. The van der Waals surface area contributed by atoms with Crippen LogP contribution in [0.2, 0.25) is 0 Å². The number of rotatable bonds is 2. The van der Waals surface area contributed by atoms with Gasteiger partial charge in [0.1, 0.15) is 0 Å². The van der Waals surface area contributed by atoms with E-state index < -0.39 is 5.91 Å². The number of nitrogens with zero attached hydrogens (tertiary/aromatic N) is 1. The van der Waals surface area contributed by atoms with Crippen LogP contribution in [-0.2, 0) is 4.79 Å². The lowest BCUT2D eigenvalue weighted by Gasteiger charge is -2.04. The highest BCUT2D eigenvalue weighted by Crippen LogP contribution is 2.12. The minimum absolute atomic E-state index is 0.0625. The van der Waals surface area contributed by atoms with Crippen LogP contribution in [0.5, 0.6) is 0 Å². The van der Waals surface area contributed by atoms with Crippen LogP contribution >= 0.6 is 0 Å². The molecule has 60 valence electrons. The molecule has 0 aliphatic carbocycles. The molecule has 0 rings (SSSR count). The van der Waals surface area contributed by atoms with Crippen molar-refractivity contribution >= 4 is 5.91 Å². The third-order valence-corrected chi connectivity index (χ3v) is 1.47. The Labute approximate surface area is 66.5 Å². The minimum Gasteiger partial charge on any atom is -0.366 e. The van der Waals surface area contributed by atoms with Gasteiger partial charge in [-0.1, -0.05) is 13.8 Å². The predicted octanol–water partition coefficient (Wildman–Crippen LogP) is 0.968.